The Bertz CT molecular complexity index is 386. The van der Waals surface area contributed by atoms with Crippen LogP contribution in [0.5, 0.6) is 0 Å². The second-order valence-corrected chi connectivity index (χ2v) is 4.78. The molecule has 1 fully saturated rings. The minimum Gasteiger partial charge on any atom is -0.358 e. The smallest absolute Gasteiger partial charge is 0.123 e. The Labute approximate surface area is 102 Å². The topological polar surface area (TPSA) is 27.1 Å². The highest BCUT2D eigenvalue weighted by Gasteiger charge is 2.20. The molecule has 0 spiro atoms. The summed E-state index contributed by atoms with van der Waals surface area (Å²) in [7, 11) is 0. The van der Waals surface area contributed by atoms with E-state index in [0.29, 0.717) is 6.04 Å². The van der Waals surface area contributed by atoms with Gasteiger partial charge in [0, 0.05) is 19.0 Å². The van der Waals surface area contributed by atoms with Crippen LogP contribution in [-0.4, -0.2) is 23.3 Å². The van der Waals surface area contributed by atoms with E-state index in [1.165, 1.54) is 18.6 Å². The van der Waals surface area contributed by atoms with Gasteiger partial charge in [-0.25, -0.2) is 4.39 Å². The van der Waals surface area contributed by atoms with Crippen molar-refractivity contribution in [3.63, 3.8) is 0 Å². The zero-order chi connectivity index (χ0) is 12.3. The molecule has 1 unspecified atom stereocenters. The Morgan fingerprint density at radius 3 is 2.65 bits per heavy atom. The van der Waals surface area contributed by atoms with Gasteiger partial charge < -0.3 is 4.90 Å². The summed E-state index contributed by atoms with van der Waals surface area (Å²) in [6, 6.07) is 7.00. The average Bonchev–Trinajstić information content (AvgIpc) is 2.32. The lowest BCUT2D eigenvalue weighted by molar-refractivity contribution is 0.293. The summed E-state index contributed by atoms with van der Waals surface area (Å²) in [4.78, 5) is 2.17. The summed E-state index contributed by atoms with van der Waals surface area (Å²) in [5, 5.41) is 7.94. The van der Waals surface area contributed by atoms with Crippen LogP contribution in [0.4, 0.5) is 4.39 Å². The SMILES string of the molecule is CC(Cc1ccc(F)cc1)N1CCCCC1=N. The lowest BCUT2D eigenvalue weighted by Gasteiger charge is -2.35. The number of nitrogens with one attached hydrogen (secondary N) is 1. The second kappa shape index (κ2) is 5.30. The van der Waals surface area contributed by atoms with Crippen molar-refractivity contribution in [2.45, 2.75) is 38.6 Å². The summed E-state index contributed by atoms with van der Waals surface area (Å²) in [5.74, 6) is 0.568. The van der Waals surface area contributed by atoms with Gasteiger partial charge in [0.25, 0.3) is 0 Å². The minimum atomic E-state index is -0.188. The molecule has 1 N–H and O–H groups in total. The molecule has 92 valence electrons. The van der Waals surface area contributed by atoms with Crippen molar-refractivity contribution in [2.24, 2.45) is 0 Å². The molecule has 1 heterocycles. The van der Waals surface area contributed by atoms with Crippen LogP contribution in [-0.2, 0) is 6.42 Å². The van der Waals surface area contributed by atoms with Gasteiger partial charge in [0.15, 0.2) is 0 Å². The average molecular weight is 234 g/mol. The Hall–Kier alpha value is -1.38. The number of nitrogens with zero attached hydrogens (tertiary/aromatic N) is 1. The number of benzene rings is 1. The molecule has 1 saturated heterocycles. The first-order chi connectivity index (χ1) is 8.16. The first-order valence-corrected chi connectivity index (χ1v) is 6.25. The molecule has 3 heteroatoms. The number of likely N-dealkylation sites (tertiary alicyclic amines) is 1. The molecule has 2 nitrogen and oxygen atoms in total. The van der Waals surface area contributed by atoms with Crippen molar-refractivity contribution < 1.29 is 4.39 Å². The highest BCUT2D eigenvalue weighted by atomic mass is 19.1. The molecule has 1 aromatic carbocycles. The molecule has 2 rings (SSSR count). The van der Waals surface area contributed by atoms with Crippen LogP contribution in [0.25, 0.3) is 0 Å². The highest BCUT2D eigenvalue weighted by molar-refractivity contribution is 5.80. The molecule has 1 aromatic rings. The summed E-state index contributed by atoms with van der Waals surface area (Å²) in [5.41, 5.74) is 1.14. The van der Waals surface area contributed by atoms with E-state index in [9.17, 15) is 4.39 Å². The van der Waals surface area contributed by atoms with E-state index >= 15 is 0 Å². The predicted molar refractivity (Wildman–Crippen MR) is 67.8 cm³/mol. The van der Waals surface area contributed by atoms with Crippen molar-refractivity contribution in [1.29, 1.82) is 5.41 Å². The largest absolute Gasteiger partial charge is 0.358 e. The number of halogens is 1. The highest BCUT2D eigenvalue weighted by Crippen LogP contribution is 2.17. The molecule has 1 atom stereocenters. The summed E-state index contributed by atoms with van der Waals surface area (Å²) < 4.78 is 12.8. The van der Waals surface area contributed by atoms with E-state index in [0.717, 1.165) is 37.2 Å². The van der Waals surface area contributed by atoms with E-state index in [1.54, 1.807) is 0 Å². The third-order valence-electron chi connectivity index (χ3n) is 3.39. The van der Waals surface area contributed by atoms with Gasteiger partial charge in [0.2, 0.25) is 0 Å². The second-order valence-electron chi connectivity index (χ2n) is 4.78. The maximum absolute atomic E-state index is 12.8. The van der Waals surface area contributed by atoms with E-state index < -0.39 is 0 Å². The molecule has 0 amide bonds. The first kappa shape index (κ1) is 12.1. The molecular formula is C14H19FN2. The zero-order valence-electron chi connectivity index (χ0n) is 10.2. The molecule has 0 saturated carbocycles. The van der Waals surface area contributed by atoms with Crippen molar-refractivity contribution in [3.8, 4) is 0 Å². The van der Waals surface area contributed by atoms with Gasteiger partial charge >= 0.3 is 0 Å². The molecule has 1 aliphatic heterocycles. The van der Waals surface area contributed by atoms with E-state index in [-0.39, 0.29) is 5.82 Å². The predicted octanol–water partition coefficient (Wildman–Crippen LogP) is 3.22. The lowest BCUT2D eigenvalue weighted by atomic mass is 10.0. The maximum Gasteiger partial charge on any atom is 0.123 e. The van der Waals surface area contributed by atoms with Gasteiger partial charge in [-0.15, -0.1) is 0 Å². The van der Waals surface area contributed by atoms with E-state index in [1.807, 2.05) is 12.1 Å². The molecular weight excluding hydrogens is 215 g/mol. The molecule has 17 heavy (non-hydrogen) atoms. The number of hydrogen-bond acceptors (Lipinski definition) is 1. The third-order valence-corrected chi connectivity index (χ3v) is 3.39. The van der Waals surface area contributed by atoms with Gasteiger partial charge in [0.05, 0.1) is 5.84 Å². The third kappa shape index (κ3) is 3.05. The summed E-state index contributed by atoms with van der Waals surface area (Å²) >= 11 is 0. The van der Waals surface area contributed by atoms with Crippen LogP contribution in [0.1, 0.15) is 31.7 Å². The van der Waals surface area contributed by atoms with Crippen LogP contribution >= 0.6 is 0 Å². The Morgan fingerprint density at radius 1 is 1.29 bits per heavy atom. The van der Waals surface area contributed by atoms with Crippen molar-refractivity contribution >= 4 is 5.84 Å². The summed E-state index contributed by atoms with van der Waals surface area (Å²) in [6.07, 6.45) is 4.09. The maximum atomic E-state index is 12.8. The molecule has 0 bridgehead atoms. The van der Waals surface area contributed by atoms with Crippen LogP contribution in [0.15, 0.2) is 24.3 Å². The van der Waals surface area contributed by atoms with Crippen molar-refractivity contribution in [3.05, 3.63) is 35.6 Å². The standard InChI is InChI=1S/C14H19FN2/c1-11(17-9-3-2-4-14(17)16)10-12-5-7-13(15)8-6-12/h5-8,11,16H,2-4,9-10H2,1H3. The van der Waals surface area contributed by atoms with Gasteiger partial charge in [-0.1, -0.05) is 12.1 Å². The first-order valence-electron chi connectivity index (χ1n) is 6.25. The quantitative estimate of drug-likeness (QED) is 0.854. The number of piperidine rings is 1. The van der Waals surface area contributed by atoms with E-state index in [4.69, 9.17) is 5.41 Å². The van der Waals surface area contributed by atoms with Gasteiger partial charge in [-0.05, 0) is 43.9 Å². The normalized spacial score (nSPS) is 18.2. The fourth-order valence-corrected chi connectivity index (χ4v) is 2.41. The number of hydrogen-bond donors (Lipinski definition) is 1. The molecule has 0 aromatic heterocycles. The Balaban J connectivity index is 1.98. The Kier molecular flexibility index (Phi) is 3.77. The number of amidine groups is 1. The van der Waals surface area contributed by atoms with Crippen LogP contribution in [0, 0.1) is 11.2 Å². The fraction of sp³-hybridized carbons (Fsp3) is 0.500. The summed E-state index contributed by atoms with van der Waals surface area (Å²) in [6.45, 7) is 3.13. The fourth-order valence-electron chi connectivity index (χ4n) is 2.41. The lowest BCUT2D eigenvalue weighted by Crippen LogP contribution is -2.42. The van der Waals surface area contributed by atoms with Crippen LogP contribution in [0.3, 0.4) is 0 Å². The van der Waals surface area contributed by atoms with Crippen LogP contribution < -0.4 is 0 Å². The molecule has 0 radical (unpaired) electrons. The molecule has 0 aliphatic carbocycles. The number of rotatable bonds is 3. The minimum absolute atomic E-state index is 0.188. The van der Waals surface area contributed by atoms with E-state index in [2.05, 4.69) is 11.8 Å². The monoisotopic (exact) mass is 234 g/mol. The van der Waals surface area contributed by atoms with Gasteiger partial charge in [-0.2, -0.15) is 0 Å². The van der Waals surface area contributed by atoms with Crippen molar-refractivity contribution in [2.75, 3.05) is 6.54 Å². The Morgan fingerprint density at radius 2 is 2.00 bits per heavy atom. The van der Waals surface area contributed by atoms with Gasteiger partial charge in [0.1, 0.15) is 5.82 Å². The zero-order valence-corrected chi connectivity index (χ0v) is 10.2. The molecule has 1 aliphatic rings. The van der Waals surface area contributed by atoms with Crippen molar-refractivity contribution in [1.82, 2.24) is 4.90 Å². The van der Waals surface area contributed by atoms with Crippen LogP contribution in [0.2, 0.25) is 0 Å². The van der Waals surface area contributed by atoms with Gasteiger partial charge in [-0.3, -0.25) is 5.41 Å².